The van der Waals surface area contributed by atoms with Crippen LogP contribution in [0.4, 0.5) is 5.69 Å². The van der Waals surface area contributed by atoms with Gasteiger partial charge in [-0.05, 0) is 106 Å². The highest BCUT2D eigenvalue weighted by atomic mass is 35.5. The molecule has 0 radical (unpaired) electrons. The minimum atomic E-state index is -0.291. The number of benzene rings is 2. The summed E-state index contributed by atoms with van der Waals surface area (Å²) in [5, 5.41) is 2.10. The van der Waals surface area contributed by atoms with Gasteiger partial charge in [-0.3, -0.25) is 19.1 Å². The van der Waals surface area contributed by atoms with Gasteiger partial charge in [-0.25, -0.2) is 0 Å². The Morgan fingerprint density at radius 3 is 2.13 bits per heavy atom. The van der Waals surface area contributed by atoms with Gasteiger partial charge in [-0.2, -0.15) is 0 Å². The lowest BCUT2D eigenvalue weighted by atomic mass is 10.1. The van der Waals surface area contributed by atoms with Crippen LogP contribution < -0.4 is 15.2 Å². The third kappa shape index (κ3) is 16.3. The SMILES string of the molecule is CC/C=C\C/C=C\C/C=C\C/C=C\C/C=C\CCCCCC(=O)OCn1c(=O)ccc2ccc(OCCCCN3CCN(c4cccc(Cl)c4Cl)CC3)cc21. The Morgan fingerprint density at radius 1 is 0.745 bits per heavy atom. The summed E-state index contributed by atoms with van der Waals surface area (Å²) in [6.07, 6.45) is 33.1. The summed E-state index contributed by atoms with van der Waals surface area (Å²) >= 11 is 12.6. The molecule has 1 fully saturated rings. The fourth-order valence-corrected chi connectivity index (χ4v) is 6.77. The summed E-state index contributed by atoms with van der Waals surface area (Å²) in [5.74, 6) is 0.401. The van der Waals surface area contributed by atoms with Crippen molar-refractivity contribution in [3.63, 3.8) is 0 Å². The maximum absolute atomic E-state index is 12.8. The van der Waals surface area contributed by atoms with E-state index >= 15 is 0 Å². The first-order chi connectivity index (χ1) is 27.0. The average molecular weight is 789 g/mol. The van der Waals surface area contributed by atoms with E-state index in [0.29, 0.717) is 34.3 Å². The molecule has 1 aliphatic rings. The highest BCUT2D eigenvalue weighted by Crippen LogP contribution is 2.33. The predicted molar refractivity (Wildman–Crippen MR) is 232 cm³/mol. The van der Waals surface area contributed by atoms with Crippen molar-refractivity contribution < 1.29 is 14.3 Å². The molecule has 3 aromatic rings. The zero-order valence-corrected chi connectivity index (χ0v) is 34.1. The van der Waals surface area contributed by atoms with Gasteiger partial charge in [0.15, 0.2) is 6.73 Å². The molecule has 9 heteroatoms. The Labute approximate surface area is 338 Å². The van der Waals surface area contributed by atoms with E-state index in [1.54, 1.807) is 6.07 Å². The number of unbranched alkanes of at least 4 members (excludes halogenated alkanes) is 4. The standard InChI is InChI=1S/C46H59Cl2N3O4/c1-2-3-4-5-6-7-8-9-10-11-12-13-14-15-16-17-18-19-20-26-45(53)55-38-51-43-37-40(29-27-39(43)28-30-44(51)52)54-36-22-21-31-49-32-34-50(35-33-49)42-25-23-24-41(47)46(42)48/h3-4,6-7,9-10,12-13,15-16,23-25,27-30,37H,2,5,8,11,14,17-22,26,31-36,38H2,1H3/b4-3-,7-6-,10-9-,13-12-,16-15-. The number of aromatic nitrogens is 1. The van der Waals surface area contributed by atoms with Gasteiger partial charge in [-0.15, -0.1) is 0 Å². The molecular weight excluding hydrogens is 729 g/mol. The number of carbonyl (C=O) groups excluding carboxylic acids is 1. The number of hydrogen-bond acceptors (Lipinski definition) is 6. The number of halogens is 2. The van der Waals surface area contributed by atoms with Crippen molar-refractivity contribution in [2.75, 3.05) is 44.2 Å². The molecule has 1 aromatic heterocycles. The van der Waals surface area contributed by atoms with Crippen molar-refractivity contribution >= 4 is 45.8 Å². The highest BCUT2D eigenvalue weighted by Gasteiger charge is 2.19. The van der Waals surface area contributed by atoms with Crippen LogP contribution in [0.3, 0.4) is 0 Å². The summed E-state index contributed by atoms with van der Waals surface area (Å²) in [7, 11) is 0. The maximum atomic E-state index is 12.8. The lowest BCUT2D eigenvalue weighted by Crippen LogP contribution is -2.46. The van der Waals surface area contributed by atoms with Crippen molar-refractivity contribution in [2.24, 2.45) is 0 Å². The number of fused-ring (bicyclic) bond motifs is 1. The number of allylic oxidation sites excluding steroid dienone is 10. The van der Waals surface area contributed by atoms with Crippen LogP contribution in [0.25, 0.3) is 10.9 Å². The molecule has 7 nitrogen and oxygen atoms in total. The van der Waals surface area contributed by atoms with Gasteiger partial charge in [0.05, 0.1) is 27.9 Å². The monoisotopic (exact) mass is 787 g/mol. The molecule has 4 rings (SSSR count). The number of ether oxygens (including phenoxy) is 2. The third-order valence-corrected chi connectivity index (χ3v) is 10.3. The zero-order chi connectivity index (χ0) is 38.9. The summed E-state index contributed by atoms with van der Waals surface area (Å²) < 4.78 is 13.1. The molecular formula is C46H59Cl2N3O4. The van der Waals surface area contributed by atoms with E-state index < -0.39 is 0 Å². The first-order valence-electron chi connectivity index (χ1n) is 20.0. The van der Waals surface area contributed by atoms with Crippen molar-refractivity contribution in [3.05, 3.63) is 130 Å². The molecule has 55 heavy (non-hydrogen) atoms. The molecule has 1 saturated heterocycles. The molecule has 1 aliphatic heterocycles. The van der Waals surface area contributed by atoms with E-state index in [1.165, 1.54) is 10.6 Å². The van der Waals surface area contributed by atoms with Gasteiger partial charge in [-0.1, -0.05) is 103 Å². The van der Waals surface area contributed by atoms with Crippen molar-refractivity contribution in [1.29, 1.82) is 0 Å². The minimum Gasteiger partial charge on any atom is -0.494 e. The number of carbonyl (C=O) groups is 1. The van der Waals surface area contributed by atoms with E-state index in [4.69, 9.17) is 32.7 Å². The Kier molecular flexibility index (Phi) is 20.6. The number of pyridine rings is 1. The summed E-state index contributed by atoms with van der Waals surface area (Å²) in [6, 6.07) is 14.8. The molecule has 0 amide bonds. The molecule has 0 N–H and O–H groups in total. The van der Waals surface area contributed by atoms with Crippen LogP contribution in [0.2, 0.25) is 10.0 Å². The van der Waals surface area contributed by atoms with Gasteiger partial charge < -0.3 is 14.4 Å². The predicted octanol–water partition coefficient (Wildman–Crippen LogP) is 11.5. The Bertz CT molecular complexity index is 1800. The molecule has 0 aliphatic carbocycles. The number of anilines is 1. The molecule has 0 saturated carbocycles. The number of esters is 1. The van der Waals surface area contributed by atoms with Crippen LogP contribution in [-0.2, 0) is 16.3 Å². The van der Waals surface area contributed by atoms with Gasteiger partial charge >= 0.3 is 5.97 Å². The van der Waals surface area contributed by atoms with E-state index in [1.807, 2.05) is 36.4 Å². The maximum Gasteiger partial charge on any atom is 0.307 e. The quantitative estimate of drug-likeness (QED) is 0.0512. The van der Waals surface area contributed by atoms with Gasteiger partial charge in [0, 0.05) is 44.7 Å². The largest absolute Gasteiger partial charge is 0.494 e. The lowest BCUT2D eigenvalue weighted by molar-refractivity contribution is -0.147. The van der Waals surface area contributed by atoms with Crippen LogP contribution in [-0.4, -0.2) is 54.8 Å². The summed E-state index contributed by atoms with van der Waals surface area (Å²) in [4.78, 5) is 30.1. The number of rotatable bonds is 24. The minimum absolute atomic E-state index is 0.116. The third-order valence-electron chi connectivity index (χ3n) is 9.51. The van der Waals surface area contributed by atoms with Gasteiger partial charge in [0.25, 0.3) is 5.56 Å². The van der Waals surface area contributed by atoms with Crippen molar-refractivity contribution in [2.45, 2.75) is 90.7 Å². The van der Waals surface area contributed by atoms with E-state index in [2.05, 4.69) is 77.5 Å². The van der Waals surface area contributed by atoms with Gasteiger partial charge in [0.2, 0.25) is 0 Å². The van der Waals surface area contributed by atoms with Crippen LogP contribution >= 0.6 is 23.2 Å². The van der Waals surface area contributed by atoms with E-state index in [0.717, 1.165) is 114 Å². The molecule has 296 valence electrons. The fraction of sp³-hybridized carbons (Fsp3) is 0.435. The first kappa shape index (κ1) is 43.7. The van der Waals surface area contributed by atoms with Crippen molar-refractivity contribution in [3.8, 4) is 5.75 Å². The highest BCUT2D eigenvalue weighted by molar-refractivity contribution is 6.43. The average Bonchev–Trinajstić information content (AvgIpc) is 3.19. The van der Waals surface area contributed by atoms with Crippen LogP contribution in [0, 0.1) is 0 Å². The molecule has 0 atom stereocenters. The smallest absolute Gasteiger partial charge is 0.307 e. The Balaban J connectivity index is 1.06. The summed E-state index contributed by atoms with van der Waals surface area (Å²) in [6.45, 7) is 7.40. The molecule has 2 aromatic carbocycles. The lowest BCUT2D eigenvalue weighted by Gasteiger charge is -2.36. The second-order valence-corrected chi connectivity index (χ2v) is 14.5. The van der Waals surface area contributed by atoms with Crippen molar-refractivity contribution in [1.82, 2.24) is 9.47 Å². The summed E-state index contributed by atoms with van der Waals surface area (Å²) in [5.41, 5.74) is 1.47. The zero-order valence-electron chi connectivity index (χ0n) is 32.6. The van der Waals surface area contributed by atoms with Crippen LogP contribution in [0.5, 0.6) is 5.75 Å². The second kappa shape index (κ2) is 25.9. The van der Waals surface area contributed by atoms with Crippen LogP contribution in [0.15, 0.2) is 114 Å². The van der Waals surface area contributed by atoms with Gasteiger partial charge in [0.1, 0.15) is 5.75 Å². The number of hydrogen-bond donors (Lipinski definition) is 0. The second-order valence-electron chi connectivity index (χ2n) is 13.7. The Morgan fingerprint density at radius 2 is 1.42 bits per heavy atom. The first-order valence-corrected chi connectivity index (χ1v) is 20.8. The Hall–Kier alpha value is -4.04. The van der Waals surface area contributed by atoms with E-state index in [-0.39, 0.29) is 18.3 Å². The topological polar surface area (TPSA) is 64.0 Å². The molecule has 0 spiro atoms. The molecule has 2 heterocycles. The van der Waals surface area contributed by atoms with Crippen LogP contribution in [0.1, 0.15) is 84.0 Å². The number of nitrogens with zero attached hydrogens (tertiary/aromatic N) is 3. The number of piperazine rings is 1. The molecule has 0 bridgehead atoms. The van der Waals surface area contributed by atoms with E-state index in [9.17, 15) is 9.59 Å². The fourth-order valence-electron chi connectivity index (χ4n) is 6.35. The normalized spacial score (nSPS) is 14.2. The molecule has 0 unspecified atom stereocenters.